The van der Waals surface area contributed by atoms with Gasteiger partial charge in [0.1, 0.15) is 5.75 Å². The van der Waals surface area contributed by atoms with Gasteiger partial charge < -0.3 is 4.74 Å². The second-order valence-corrected chi connectivity index (χ2v) is 4.89. The molecule has 1 unspecified atom stereocenters. The fourth-order valence-electron chi connectivity index (χ4n) is 1.16. The fraction of sp³-hybridized carbons (Fsp3) is 0.300. The van der Waals surface area contributed by atoms with Crippen LogP contribution in [0.15, 0.2) is 16.6 Å². The van der Waals surface area contributed by atoms with E-state index in [4.69, 9.17) is 33.8 Å². The maximum Gasteiger partial charge on any atom is 0.274 e. The van der Waals surface area contributed by atoms with Crippen molar-refractivity contribution in [2.24, 2.45) is 5.84 Å². The van der Waals surface area contributed by atoms with Crippen LogP contribution in [0.25, 0.3) is 0 Å². The van der Waals surface area contributed by atoms with Crippen molar-refractivity contribution in [1.82, 2.24) is 5.43 Å². The normalized spacial score (nSPS) is 12.1. The maximum absolute atomic E-state index is 11.4. The topological polar surface area (TPSA) is 64.3 Å². The van der Waals surface area contributed by atoms with Gasteiger partial charge in [-0.15, -0.1) is 0 Å². The molecule has 1 aromatic carbocycles. The number of carbonyl (C=O) groups excluding carboxylic acids is 1. The highest BCUT2D eigenvalue weighted by molar-refractivity contribution is 9.10. The van der Waals surface area contributed by atoms with Gasteiger partial charge in [-0.25, -0.2) is 5.84 Å². The molecule has 17 heavy (non-hydrogen) atoms. The monoisotopic (exact) mass is 340 g/mol. The van der Waals surface area contributed by atoms with Gasteiger partial charge in [0.15, 0.2) is 6.10 Å². The van der Waals surface area contributed by atoms with E-state index in [9.17, 15) is 4.79 Å². The molecule has 1 rings (SSSR count). The van der Waals surface area contributed by atoms with Crippen molar-refractivity contribution in [3.8, 4) is 5.75 Å². The van der Waals surface area contributed by atoms with E-state index in [-0.39, 0.29) is 0 Å². The Kier molecular flexibility index (Phi) is 5.52. The van der Waals surface area contributed by atoms with Crippen LogP contribution in [-0.4, -0.2) is 12.0 Å². The third kappa shape index (κ3) is 3.74. The Labute approximate surface area is 118 Å². The van der Waals surface area contributed by atoms with Crippen molar-refractivity contribution >= 4 is 45.0 Å². The molecule has 94 valence electrons. The first kappa shape index (κ1) is 14.6. The van der Waals surface area contributed by atoms with Gasteiger partial charge in [0.2, 0.25) is 0 Å². The molecular weight excluding hydrogens is 331 g/mol. The summed E-state index contributed by atoms with van der Waals surface area (Å²) in [4.78, 5) is 11.4. The van der Waals surface area contributed by atoms with Crippen molar-refractivity contribution in [3.63, 3.8) is 0 Å². The summed E-state index contributed by atoms with van der Waals surface area (Å²) in [5.41, 5.74) is 2.03. The fourth-order valence-corrected chi connectivity index (χ4v) is 2.00. The molecule has 0 aromatic heterocycles. The average Bonchev–Trinajstić information content (AvgIpc) is 2.31. The highest BCUT2D eigenvalue weighted by atomic mass is 79.9. The minimum atomic E-state index is -0.699. The van der Waals surface area contributed by atoms with Crippen molar-refractivity contribution in [3.05, 3.63) is 26.7 Å². The van der Waals surface area contributed by atoms with E-state index in [1.807, 2.05) is 5.43 Å². The number of hydrazine groups is 1. The zero-order chi connectivity index (χ0) is 13.0. The predicted molar refractivity (Wildman–Crippen MR) is 71.2 cm³/mol. The minimum absolute atomic E-state index is 0.343. The van der Waals surface area contributed by atoms with Crippen LogP contribution in [0, 0.1) is 0 Å². The van der Waals surface area contributed by atoms with Crippen LogP contribution in [-0.2, 0) is 4.79 Å². The number of hydrogen-bond donors (Lipinski definition) is 2. The van der Waals surface area contributed by atoms with Crippen LogP contribution < -0.4 is 16.0 Å². The molecule has 1 aromatic rings. The van der Waals surface area contributed by atoms with Gasteiger partial charge in [-0.1, -0.05) is 30.1 Å². The first-order valence-electron chi connectivity index (χ1n) is 4.81. The van der Waals surface area contributed by atoms with Gasteiger partial charge in [0.25, 0.3) is 5.91 Å². The number of carbonyl (C=O) groups is 1. The van der Waals surface area contributed by atoms with Gasteiger partial charge in [0.05, 0.1) is 10.0 Å². The number of benzene rings is 1. The quantitative estimate of drug-likeness (QED) is 0.383. The summed E-state index contributed by atoms with van der Waals surface area (Å²) in [6, 6.07) is 3.15. The molecule has 0 aliphatic rings. The van der Waals surface area contributed by atoms with Gasteiger partial charge in [0, 0.05) is 10.5 Å². The van der Waals surface area contributed by atoms with Gasteiger partial charge in [-0.2, -0.15) is 0 Å². The van der Waals surface area contributed by atoms with E-state index in [1.54, 1.807) is 19.1 Å². The van der Waals surface area contributed by atoms with Crippen LogP contribution >= 0.6 is 39.1 Å². The Morgan fingerprint density at radius 2 is 2.18 bits per heavy atom. The molecule has 0 radical (unpaired) electrons. The third-order valence-corrected chi connectivity index (χ3v) is 3.54. The summed E-state index contributed by atoms with van der Waals surface area (Å²) < 4.78 is 6.11. The Morgan fingerprint density at radius 3 is 2.71 bits per heavy atom. The molecule has 0 heterocycles. The zero-order valence-corrected chi connectivity index (χ0v) is 12.1. The van der Waals surface area contributed by atoms with Crippen molar-refractivity contribution in [1.29, 1.82) is 0 Å². The SMILES string of the molecule is CCC(Oc1cc(Cl)c(Br)cc1Cl)C(=O)NN. The molecule has 0 aliphatic heterocycles. The van der Waals surface area contributed by atoms with Crippen molar-refractivity contribution in [2.45, 2.75) is 19.4 Å². The van der Waals surface area contributed by atoms with E-state index in [1.165, 1.54) is 0 Å². The first-order valence-corrected chi connectivity index (χ1v) is 6.36. The first-order chi connectivity index (χ1) is 7.99. The predicted octanol–water partition coefficient (Wildman–Crippen LogP) is 2.90. The highest BCUT2D eigenvalue weighted by Gasteiger charge is 2.19. The van der Waals surface area contributed by atoms with Crippen LogP contribution in [0.5, 0.6) is 5.75 Å². The molecule has 1 amide bonds. The van der Waals surface area contributed by atoms with E-state index in [2.05, 4.69) is 15.9 Å². The van der Waals surface area contributed by atoms with Crippen LogP contribution in [0.1, 0.15) is 13.3 Å². The van der Waals surface area contributed by atoms with E-state index >= 15 is 0 Å². The second kappa shape index (κ2) is 6.44. The average molecular weight is 342 g/mol. The van der Waals surface area contributed by atoms with E-state index < -0.39 is 12.0 Å². The van der Waals surface area contributed by atoms with E-state index in [0.717, 1.165) is 0 Å². The van der Waals surface area contributed by atoms with Crippen molar-refractivity contribution < 1.29 is 9.53 Å². The van der Waals surface area contributed by atoms with Gasteiger partial charge in [-0.3, -0.25) is 10.2 Å². The molecule has 4 nitrogen and oxygen atoms in total. The molecule has 0 aliphatic carbocycles. The Bertz CT molecular complexity index is 429. The lowest BCUT2D eigenvalue weighted by Crippen LogP contribution is -2.41. The van der Waals surface area contributed by atoms with Gasteiger partial charge in [-0.05, 0) is 28.4 Å². The number of nitrogens with two attached hydrogens (primary N) is 1. The number of rotatable bonds is 4. The summed E-state index contributed by atoms with van der Waals surface area (Å²) in [6.45, 7) is 1.80. The smallest absolute Gasteiger partial charge is 0.274 e. The molecule has 0 spiro atoms. The Morgan fingerprint density at radius 1 is 1.53 bits per heavy atom. The number of nitrogens with one attached hydrogen (secondary N) is 1. The minimum Gasteiger partial charge on any atom is -0.479 e. The molecule has 7 heteroatoms. The lowest BCUT2D eigenvalue weighted by Gasteiger charge is -2.17. The zero-order valence-electron chi connectivity index (χ0n) is 8.97. The molecule has 0 bridgehead atoms. The third-order valence-electron chi connectivity index (χ3n) is 2.05. The number of hydrogen-bond acceptors (Lipinski definition) is 3. The maximum atomic E-state index is 11.4. The molecule has 1 atom stereocenters. The van der Waals surface area contributed by atoms with E-state index in [0.29, 0.717) is 26.7 Å². The summed E-state index contributed by atoms with van der Waals surface area (Å²) in [7, 11) is 0. The molecule has 3 N–H and O–H groups in total. The molecule has 0 fully saturated rings. The number of amides is 1. The molecule has 0 saturated heterocycles. The summed E-state index contributed by atoms with van der Waals surface area (Å²) in [6.07, 6.45) is -0.234. The van der Waals surface area contributed by atoms with Crippen LogP contribution in [0.3, 0.4) is 0 Å². The summed E-state index contributed by atoms with van der Waals surface area (Å²) in [5, 5.41) is 0.817. The molecular formula is C10H11BrCl2N2O2. The molecule has 0 saturated carbocycles. The Balaban J connectivity index is 2.94. The number of halogens is 3. The van der Waals surface area contributed by atoms with Crippen LogP contribution in [0.4, 0.5) is 0 Å². The van der Waals surface area contributed by atoms with Crippen molar-refractivity contribution in [2.75, 3.05) is 0 Å². The Hall–Kier alpha value is -0.490. The van der Waals surface area contributed by atoms with Gasteiger partial charge >= 0.3 is 0 Å². The highest BCUT2D eigenvalue weighted by Crippen LogP contribution is 2.34. The van der Waals surface area contributed by atoms with Crippen LogP contribution in [0.2, 0.25) is 10.0 Å². The number of ether oxygens (including phenoxy) is 1. The summed E-state index contributed by atoms with van der Waals surface area (Å²) >= 11 is 15.1. The lowest BCUT2D eigenvalue weighted by molar-refractivity contribution is -0.128. The standard InChI is InChI=1S/C10H11BrCl2N2O2/c1-2-8(10(16)15-14)17-9-4-6(12)5(11)3-7(9)13/h3-4,8H,2,14H2,1H3,(H,15,16). The lowest BCUT2D eigenvalue weighted by atomic mass is 10.2. The largest absolute Gasteiger partial charge is 0.479 e. The second-order valence-electron chi connectivity index (χ2n) is 3.22. The summed E-state index contributed by atoms with van der Waals surface area (Å²) in [5.74, 6) is 4.98.